The van der Waals surface area contributed by atoms with Crippen molar-refractivity contribution in [2.24, 2.45) is 5.73 Å². The highest BCUT2D eigenvalue weighted by molar-refractivity contribution is 7.19. The smallest absolute Gasteiger partial charge is 0.251 e. The van der Waals surface area contributed by atoms with Gasteiger partial charge in [-0.25, -0.2) is 4.98 Å². The maximum absolute atomic E-state index is 12.5. The minimum atomic E-state index is -0.147. The third kappa shape index (κ3) is 4.19. The van der Waals surface area contributed by atoms with Crippen molar-refractivity contribution in [2.75, 3.05) is 0 Å². The summed E-state index contributed by atoms with van der Waals surface area (Å²) < 4.78 is 6.99. The maximum atomic E-state index is 12.5. The molecule has 0 saturated heterocycles. The monoisotopic (exact) mass is 389 g/mol. The molecule has 0 fully saturated rings. The van der Waals surface area contributed by atoms with Crippen molar-refractivity contribution in [1.29, 1.82) is 0 Å². The van der Waals surface area contributed by atoms with Gasteiger partial charge in [-0.2, -0.15) is 0 Å². The number of amides is 1. The lowest BCUT2D eigenvalue weighted by Crippen LogP contribution is -2.22. The average Bonchev–Trinajstić information content (AvgIpc) is 3.15. The molecule has 0 radical (unpaired) electrons. The number of nitrogens with one attached hydrogen (secondary N) is 1. The van der Waals surface area contributed by atoms with Crippen LogP contribution in [0.15, 0.2) is 72.9 Å². The predicted molar refractivity (Wildman–Crippen MR) is 112 cm³/mol. The van der Waals surface area contributed by atoms with Crippen molar-refractivity contribution in [3.63, 3.8) is 0 Å². The van der Waals surface area contributed by atoms with Crippen LogP contribution in [-0.2, 0) is 13.1 Å². The molecule has 4 rings (SSSR count). The van der Waals surface area contributed by atoms with Crippen LogP contribution < -0.4 is 15.8 Å². The Morgan fingerprint density at radius 2 is 1.96 bits per heavy atom. The fraction of sp³-hybridized carbons (Fsp3) is 0.0909. The minimum absolute atomic E-state index is 0.147. The Labute approximate surface area is 166 Å². The van der Waals surface area contributed by atoms with Crippen LogP contribution in [0.1, 0.15) is 20.8 Å². The van der Waals surface area contributed by atoms with Crippen LogP contribution in [0.2, 0.25) is 0 Å². The van der Waals surface area contributed by atoms with E-state index < -0.39 is 0 Å². The van der Waals surface area contributed by atoms with Gasteiger partial charge in [0.15, 0.2) is 0 Å². The van der Waals surface area contributed by atoms with Gasteiger partial charge in [0.05, 0.1) is 6.54 Å². The second kappa shape index (κ2) is 8.21. The fourth-order valence-corrected chi connectivity index (χ4v) is 3.85. The number of pyridine rings is 1. The number of hydrogen-bond donors (Lipinski definition) is 2. The summed E-state index contributed by atoms with van der Waals surface area (Å²) in [6.45, 7) is 0.905. The van der Waals surface area contributed by atoms with E-state index in [9.17, 15) is 4.79 Å². The fourth-order valence-electron chi connectivity index (χ4n) is 2.85. The molecular weight excluding hydrogens is 370 g/mol. The third-order valence-corrected chi connectivity index (χ3v) is 5.37. The normalized spacial score (nSPS) is 10.8. The van der Waals surface area contributed by atoms with Crippen molar-refractivity contribution in [3.05, 3.63) is 88.9 Å². The largest absolute Gasteiger partial charge is 0.439 e. The standard InChI is InChI=1S/C22H19N3O2S/c23-13-15-8-9-24-21(10-15)27-18-6-3-5-17(11-18)22(26)25-14-19-12-16-4-1-2-7-20(16)28-19/h1-12H,13-14,23H2,(H,25,26). The highest BCUT2D eigenvalue weighted by Gasteiger charge is 2.09. The summed E-state index contributed by atoms with van der Waals surface area (Å²) in [6, 6.07) is 21.0. The summed E-state index contributed by atoms with van der Waals surface area (Å²) in [6.07, 6.45) is 1.65. The van der Waals surface area contributed by atoms with Crippen LogP contribution in [0, 0.1) is 0 Å². The van der Waals surface area contributed by atoms with Crippen molar-refractivity contribution < 1.29 is 9.53 Å². The van der Waals surface area contributed by atoms with Gasteiger partial charge in [0.1, 0.15) is 5.75 Å². The molecule has 6 heteroatoms. The number of nitrogens with two attached hydrogens (primary N) is 1. The quantitative estimate of drug-likeness (QED) is 0.510. The second-order valence-corrected chi connectivity index (χ2v) is 7.44. The summed E-state index contributed by atoms with van der Waals surface area (Å²) >= 11 is 1.68. The van der Waals surface area contributed by atoms with Crippen LogP contribution in [0.4, 0.5) is 0 Å². The molecule has 4 aromatic rings. The summed E-state index contributed by atoms with van der Waals surface area (Å²) in [7, 11) is 0. The molecule has 0 unspecified atom stereocenters. The second-order valence-electron chi connectivity index (χ2n) is 6.27. The number of ether oxygens (including phenoxy) is 1. The number of benzene rings is 2. The van der Waals surface area contributed by atoms with Gasteiger partial charge in [0.2, 0.25) is 5.88 Å². The molecule has 2 aromatic carbocycles. The number of hydrogen-bond acceptors (Lipinski definition) is 5. The summed E-state index contributed by atoms with van der Waals surface area (Å²) in [4.78, 5) is 17.8. The molecule has 0 aliphatic carbocycles. The lowest BCUT2D eigenvalue weighted by molar-refractivity contribution is 0.0951. The molecular formula is C22H19N3O2S. The van der Waals surface area contributed by atoms with Gasteiger partial charge in [0.25, 0.3) is 5.91 Å². The molecule has 2 heterocycles. The molecule has 1 amide bonds. The Kier molecular flexibility index (Phi) is 5.32. The SMILES string of the molecule is NCc1ccnc(Oc2cccc(C(=O)NCc3cc4ccccc4s3)c2)c1. The first-order valence-corrected chi connectivity index (χ1v) is 9.71. The zero-order chi connectivity index (χ0) is 19.3. The van der Waals surface area contributed by atoms with E-state index >= 15 is 0 Å². The van der Waals surface area contributed by atoms with E-state index in [1.54, 1.807) is 47.9 Å². The lowest BCUT2D eigenvalue weighted by Gasteiger charge is -2.08. The molecule has 140 valence electrons. The highest BCUT2D eigenvalue weighted by atomic mass is 32.1. The van der Waals surface area contributed by atoms with Gasteiger partial charge >= 0.3 is 0 Å². The molecule has 28 heavy (non-hydrogen) atoms. The van der Waals surface area contributed by atoms with E-state index in [0.717, 1.165) is 10.4 Å². The number of carbonyl (C=O) groups excluding carboxylic acids is 1. The third-order valence-electron chi connectivity index (χ3n) is 4.25. The van der Waals surface area contributed by atoms with E-state index in [0.29, 0.717) is 30.3 Å². The Balaban J connectivity index is 1.43. The van der Waals surface area contributed by atoms with Crippen molar-refractivity contribution in [2.45, 2.75) is 13.1 Å². The molecule has 0 bridgehead atoms. The molecule has 0 aliphatic rings. The topological polar surface area (TPSA) is 77.2 Å². The molecule has 0 saturated carbocycles. The Morgan fingerprint density at radius 1 is 1.07 bits per heavy atom. The molecule has 0 spiro atoms. The van der Waals surface area contributed by atoms with Crippen LogP contribution in [-0.4, -0.2) is 10.9 Å². The van der Waals surface area contributed by atoms with E-state index in [4.69, 9.17) is 10.5 Å². The van der Waals surface area contributed by atoms with Gasteiger partial charge in [-0.15, -0.1) is 11.3 Å². The number of carbonyl (C=O) groups is 1. The van der Waals surface area contributed by atoms with Gasteiger partial charge in [-0.05, 0) is 47.3 Å². The first kappa shape index (κ1) is 18.2. The first-order valence-electron chi connectivity index (χ1n) is 8.90. The number of fused-ring (bicyclic) bond motifs is 1. The number of nitrogens with zero attached hydrogens (tertiary/aromatic N) is 1. The van der Waals surface area contributed by atoms with Crippen LogP contribution in [0.25, 0.3) is 10.1 Å². The van der Waals surface area contributed by atoms with Crippen molar-refractivity contribution in [1.82, 2.24) is 10.3 Å². The molecule has 3 N–H and O–H groups in total. The Bertz CT molecular complexity index is 1090. The van der Waals surface area contributed by atoms with Gasteiger partial charge in [-0.1, -0.05) is 24.3 Å². The Hall–Kier alpha value is -3.22. The van der Waals surface area contributed by atoms with E-state index in [1.807, 2.05) is 18.2 Å². The zero-order valence-electron chi connectivity index (χ0n) is 15.1. The highest BCUT2D eigenvalue weighted by Crippen LogP contribution is 2.25. The summed E-state index contributed by atoms with van der Waals surface area (Å²) in [5.41, 5.74) is 7.11. The zero-order valence-corrected chi connectivity index (χ0v) is 15.9. The lowest BCUT2D eigenvalue weighted by atomic mass is 10.2. The van der Waals surface area contributed by atoms with Crippen LogP contribution >= 0.6 is 11.3 Å². The molecule has 2 aromatic heterocycles. The van der Waals surface area contributed by atoms with Gasteiger partial charge < -0.3 is 15.8 Å². The molecule has 0 atom stereocenters. The maximum Gasteiger partial charge on any atom is 0.251 e. The van der Waals surface area contributed by atoms with Crippen LogP contribution in [0.5, 0.6) is 11.6 Å². The first-order chi connectivity index (χ1) is 13.7. The van der Waals surface area contributed by atoms with Crippen molar-refractivity contribution >= 4 is 27.3 Å². The molecule has 5 nitrogen and oxygen atoms in total. The average molecular weight is 389 g/mol. The number of rotatable bonds is 6. The molecule has 0 aliphatic heterocycles. The van der Waals surface area contributed by atoms with Gasteiger partial charge in [-0.3, -0.25) is 4.79 Å². The number of aromatic nitrogens is 1. The summed E-state index contributed by atoms with van der Waals surface area (Å²) in [5, 5.41) is 4.16. The van der Waals surface area contributed by atoms with Gasteiger partial charge in [0, 0.05) is 33.9 Å². The van der Waals surface area contributed by atoms with E-state index in [-0.39, 0.29) is 5.91 Å². The van der Waals surface area contributed by atoms with E-state index in [2.05, 4.69) is 28.5 Å². The summed E-state index contributed by atoms with van der Waals surface area (Å²) in [5.74, 6) is 0.855. The Morgan fingerprint density at radius 3 is 2.82 bits per heavy atom. The predicted octanol–water partition coefficient (Wildman–Crippen LogP) is 4.48. The van der Waals surface area contributed by atoms with E-state index in [1.165, 1.54) is 10.1 Å². The number of thiophene rings is 1. The minimum Gasteiger partial charge on any atom is -0.439 e. The van der Waals surface area contributed by atoms with Crippen LogP contribution in [0.3, 0.4) is 0 Å². The van der Waals surface area contributed by atoms with Crippen molar-refractivity contribution in [3.8, 4) is 11.6 Å².